The quantitative estimate of drug-likeness (QED) is 0.374. The third-order valence-corrected chi connectivity index (χ3v) is 5.80. The van der Waals surface area contributed by atoms with E-state index in [1.54, 1.807) is 4.90 Å². The molecule has 0 saturated carbocycles. The van der Waals surface area contributed by atoms with Crippen LogP contribution < -0.4 is 20.4 Å². The second kappa shape index (κ2) is 11.7. The highest BCUT2D eigenvalue weighted by molar-refractivity contribution is 5.92. The van der Waals surface area contributed by atoms with Crippen molar-refractivity contribution in [3.63, 3.8) is 0 Å². The van der Waals surface area contributed by atoms with Crippen LogP contribution in [0.4, 0.5) is 5.69 Å². The molecule has 2 rings (SSSR count). The Bertz CT molecular complexity index is 744. The zero-order chi connectivity index (χ0) is 22.1. The van der Waals surface area contributed by atoms with Crippen molar-refractivity contribution in [2.24, 2.45) is 0 Å². The number of anilines is 1. The van der Waals surface area contributed by atoms with Gasteiger partial charge in [0, 0.05) is 18.8 Å². The lowest BCUT2D eigenvalue weighted by atomic mass is 10.1. The molecule has 30 heavy (non-hydrogen) atoms. The summed E-state index contributed by atoms with van der Waals surface area (Å²) in [7, 11) is 0. The molecule has 1 aromatic carbocycles. The molecule has 4 N–H and O–H groups in total. The van der Waals surface area contributed by atoms with E-state index in [-0.39, 0.29) is 24.3 Å². The van der Waals surface area contributed by atoms with Gasteiger partial charge in [-0.25, -0.2) is 0 Å². The predicted molar refractivity (Wildman–Crippen MR) is 117 cm³/mol. The van der Waals surface area contributed by atoms with Gasteiger partial charge >= 0.3 is 0 Å². The Labute approximate surface area is 179 Å². The molecular weight excluding hydrogens is 382 g/mol. The van der Waals surface area contributed by atoms with Crippen LogP contribution in [0.1, 0.15) is 25.0 Å². The van der Waals surface area contributed by atoms with E-state index in [1.807, 2.05) is 45.9 Å². The first kappa shape index (κ1) is 23.8. The van der Waals surface area contributed by atoms with Crippen LogP contribution in [0.2, 0.25) is 0 Å². The molecule has 0 aromatic heterocycles. The number of quaternary nitrogens is 2. The van der Waals surface area contributed by atoms with Crippen molar-refractivity contribution in [3.8, 4) is 0 Å². The number of nitrogens with one attached hydrogen (secondary N) is 4. The largest absolute Gasteiger partial charge is 0.355 e. The number of nitrogens with zero attached hydrogens (tertiary/aromatic N) is 1. The molecular formula is C22H37N5O3+2. The lowest BCUT2D eigenvalue weighted by Gasteiger charge is -2.30. The van der Waals surface area contributed by atoms with Gasteiger partial charge in [-0.3, -0.25) is 14.4 Å². The number of aryl methyl sites for hydroxylation is 1. The molecule has 1 fully saturated rings. The molecule has 1 aliphatic rings. The summed E-state index contributed by atoms with van der Waals surface area (Å²) < 4.78 is 0. The normalized spacial score (nSPS) is 18.5. The fourth-order valence-electron chi connectivity index (χ4n) is 3.75. The van der Waals surface area contributed by atoms with E-state index in [2.05, 4.69) is 10.6 Å². The maximum Gasteiger partial charge on any atom is 0.279 e. The molecule has 0 atom stereocenters. The van der Waals surface area contributed by atoms with Crippen molar-refractivity contribution in [1.29, 1.82) is 0 Å². The number of piperazine rings is 1. The monoisotopic (exact) mass is 419 g/mol. The fourth-order valence-corrected chi connectivity index (χ4v) is 3.75. The number of likely N-dealkylation sites (N-methyl/N-ethyl adjacent to an activating group) is 2. The van der Waals surface area contributed by atoms with Gasteiger partial charge in [0.25, 0.3) is 11.8 Å². The van der Waals surface area contributed by atoms with Gasteiger partial charge in [0.05, 0.1) is 6.54 Å². The molecule has 1 aliphatic heterocycles. The van der Waals surface area contributed by atoms with Crippen LogP contribution in [-0.4, -0.2) is 81.5 Å². The summed E-state index contributed by atoms with van der Waals surface area (Å²) in [5.74, 6) is -0.0842. The van der Waals surface area contributed by atoms with E-state index >= 15 is 0 Å². The summed E-state index contributed by atoms with van der Waals surface area (Å²) in [5, 5.41) is 5.76. The predicted octanol–water partition coefficient (Wildman–Crippen LogP) is -1.99. The number of hydrogen-bond acceptors (Lipinski definition) is 3. The molecule has 1 aromatic rings. The maximum absolute atomic E-state index is 12.6. The minimum atomic E-state index is -0.119. The zero-order valence-electron chi connectivity index (χ0n) is 18.8. The van der Waals surface area contributed by atoms with Crippen molar-refractivity contribution >= 4 is 23.4 Å². The first-order chi connectivity index (χ1) is 14.3. The standard InChI is InChI=1S/C22H35N5O3/c1-5-23-20(28)15-27(6-2)22(30)16-26-12-10-25(11-13-26)14-21(29)24-19-9-7-8-17(3)18(19)4/h7-9H,5-6,10-16H2,1-4H3,(H,23,28)(H,24,29)/p+2. The van der Waals surface area contributed by atoms with E-state index in [4.69, 9.17) is 0 Å². The molecule has 8 heteroatoms. The number of carbonyl (C=O) groups excluding carboxylic acids is 3. The molecule has 8 nitrogen and oxygen atoms in total. The summed E-state index contributed by atoms with van der Waals surface area (Å²) in [4.78, 5) is 40.8. The molecule has 1 heterocycles. The average molecular weight is 420 g/mol. The minimum Gasteiger partial charge on any atom is -0.355 e. The molecule has 0 radical (unpaired) electrons. The van der Waals surface area contributed by atoms with Crippen LogP contribution in [0.5, 0.6) is 0 Å². The maximum atomic E-state index is 12.6. The van der Waals surface area contributed by atoms with Crippen LogP contribution in [0.3, 0.4) is 0 Å². The van der Waals surface area contributed by atoms with Gasteiger partial charge in [-0.2, -0.15) is 0 Å². The number of amides is 3. The van der Waals surface area contributed by atoms with Gasteiger partial charge in [0.2, 0.25) is 5.91 Å². The molecule has 166 valence electrons. The summed E-state index contributed by atoms with van der Waals surface area (Å²) >= 11 is 0. The van der Waals surface area contributed by atoms with Crippen LogP contribution in [0.15, 0.2) is 18.2 Å². The third kappa shape index (κ3) is 7.11. The molecule has 0 bridgehead atoms. The van der Waals surface area contributed by atoms with Gasteiger partial charge in [-0.05, 0) is 44.9 Å². The van der Waals surface area contributed by atoms with E-state index in [0.29, 0.717) is 26.2 Å². The summed E-state index contributed by atoms with van der Waals surface area (Å²) in [5.41, 5.74) is 3.14. The SMILES string of the molecule is CCNC(=O)CN(CC)C(=O)C[NH+]1CC[NH+](CC(=O)Nc2cccc(C)c2C)CC1. The molecule has 0 unspecified atom stereocenters. The Kier molecular flexibility index (Phi) is 9.26. The third-order valence-electron chi connectivity index (χ3n) is 5.80. The van der Waals surface area contributed by atoms with Crippen LogP contribution in [0.25, 0.3) is 0 Å². The highest BCUT2D eigenvalue weighted by Gasteiger charge is 2.28. The van der Waals surface area contributed by atoms with Crippen molar-refractivity contribution in [1.82, 2.24) is 10.2 Å². The van der Waals surface area contributed by atoms with Crippen molar-refractivity contribution in [2.45, 2.75) is 27.7 Å². The number of hydrogen-bond donors (Lipinski definition) is 4. The second-order valence-corrected chi connectivity index (χ2v) is 8.01. The Morgan fingerprint density at radius 2 is 1.60 bits per heavy atom. The summed E-state index contributed by atoms with van der Waals surface area (Å²) in [6.07, 6.45) is 0. The second-order valence-electron chi connectivity index (χ2n) is 8.01. The summed E-state index contributed by atoms with van der Waals surface area (Å²) in [6, 6.07) is 5.92. The van der Waals surface area contributed by atoms with Crippen molar-refractivity contribution in [3.05, 3.63) is 29.3 Å². The van der Waals surface area contributed by atoms with Crippen molar-refractivity contribution in [2.75, 3.05) is 64.2 Å². The smallest absolute Gasteiger partial charge is 0.279 e. The van der Waals surface area contributed by atoms with E-state index < -0.39 is 0 Å². The van der Waals surface area contributed by atoms with Crippen LogP contribution in [0, 0.1) is 13.8 Å². The lowest BCUT2D eigenvalue weighted by molar-refractivity contribution is -1.00. The first-order valence-corrected chi connectivity index (χ1v) is 10.9. The first-order valence-electron chi connectivity index (χ1n) is 10.9. The molecule has 0 spiro atoms. The van der Waals surface area contributed by atoms with Gasteiger partial charge < -0.3 is 25.3 Å². The minimum absolute atomic E-state index is 0.00914. The van der Waals surface area contributed by atoms with Gasteiger partial charge in [-0.15, -0.1) is 0 Å². The molecule has 0 aliphatic carbocycles. The summed E-state index contributed by atoms with van der Waals surface area (Å²) in [6.45, 7) is 13.3. The topological polar surface area (TPSA) is 87.4 Å². The number of rotatable bonds is 9. The zero-order valence-corrected chi connectivity index (χ0v) is 18.8. The van der Waals surface area contributed by atoms with E-state index in [1.165, 1.54) is 9.80 Å². The molecule has 1 saturated heterocycles. The average Bonchev–Trinajstić information content (AvgIpc) is 2.71. The van der Waals surface area contributed by atoms with Gasteiger partial charge in [0.15, 0.2) is 13.1 Å². The van der Waals surface area contributed by atoms with Gasteiger partial charge in [-0.1, -0.05) is 12.1 Å². The van der Waals surface area contributed by atoms with Gasteiger partial charge in [0.1, 0.15) is 26.2 Å². The lowest BCUT2D eigenvalue weighted by Crippen LogP contribution is -3.28. The Hall–Kier alpha value is -2.45. The van der Waals surface area contributed by atoms with E-state index in [0.717, 1.165) is 43.0 Å². The Morgan fingerprint density at radius 1 is 0.967 bits per heavy atom. The fraction of sp³-hybridized carbons (Fsp3) is 0.591. The van der Waals surface area contributed by atoms with E-state index in [9.17, 15) is 14.4 Å². The number of carbonyl (C=O) groups is 3. The van der Waals surface area contributed by atoms with Crippen LogP contribution >= 0.6 is 0 Å². The van der Waals surface area contributed by atoms with Crippen LogP contribution in [-0.2, 0) is 14.4 Å². The Balaban J connectivity index is 1.76. The Morgan fingerprint density at radius 3 is 2.20 bits per heavy atom. The highest BCUT2D eigenvalue weighted by Crippen LogP contribution is 2.17. The van der Waals surface area contributed by atoms with Crippen molar-refractivity contribution < 1.29 is 24.2 Å². The molecule has 3 amide bonds. The highest BCUT2D eigenvalue weighted by atomic mass is 16.2. The number of benzene rings is 1.